The molecule has 2 aromatic carbocycles. The first-order chi connectivity index (χ1) is 10.9. The number of rotatable bonds is 2. The van der Waals surface area contributed by atoms with Crippen LogP contribution in [0.2, 0.25) is 0 Å². The number of carbonyl (C=O) groups excluding carboxylic acids is 1. The molecule has 4 nitrogen and oxygen atoms in total. The van der Waals surface area contributed by atoms with Gasteiger partial charge < -0.3 is 5.32 Å². The molecule has 0 saturated heterocycles. The Morgan fingerprint density at radius 1 is 0.957 bits per heavy atom. The molecule has 1 heterocycles. The Balaban J connectivity index is 2.00. The third-order valence-electron chi connectivity index (χ3n) is 3.13. The van der Waals surface area contributed by atoms with Crippen molar-refractivity contribution in [3.05, 3.63) is 59.0 Å². The Morgan fingerprint density at radius 3 is 2.22 bits per heavy atom. The maximum Gasteiger partial charge on any atom is 0.261 e. The van der Waals surface area contributed by atoms with Gasteiger partial charge in [0.15, 0.2) is 23.3 Å². The van der Waals surface area contributed by atoms with Crippen LogP contribution >= 0.6 is 0 Å². The Morgan fingerprint density at radius 2 is 1.57 bits per heavy atom. The monoisotopic (exact) mass is 327 g/mol. The van der Waals surface area contributed by atoms with E-state index in [0.717, 1.165) is 0 Å². The predicted octanol–water partition coefficient (Wildman–Crippen LogP) is 3.51. The fourth-order valence-electron chi connectivity index (χ4n) is 2.02. The lowest BCUT2D eigenvalue weighted by Gasteiger charge is -2.09. The second-order valence-corrected chi connectivity index (χ2v) is 4.57. The number of amides is 1. The Labute approximate surface area is 124 Å². The van der Waals surface area contributed by atoms with Crippen LogP contribution in [0.3, 0.4) is 0 Å². The van der Waals surface area contributed by atoms with E-state index in [2.05, 4.69) is 15.5 Å². The normalized spacial score (nSPS) is 11.0. The molecule has 118 valence electrons. The van der Waals surface area contributed by atoms with Crippen molar-refractivity contribution in [1.82, 2.24) is 10.2 Å². The van der Waals surface area contributed by atoms with Gasteiger partial charge in [-0.3, -0.25) is 9.89 Å². The smallest absolute Gasteiger partial charge is 0.261 e. The third kappa shape index (κ3) is 2.39. The van der Waals surface area contributed by atoms with Crippen LogP contribution in [0.25, 0.3) is 10.9 Å². The summed E-state index contributed by atoms with van der Waals surface area (Å²) < 4.78 is 66.3. The molecule has 0 unspecified atom stereocenters. The number of H-pyrrole nitrogens is 1. The van der Waals surface area contributed by atoms with Crippen molar-refractivity contribution < 1.29 is 26.7 Å². The van der Waals surface area contributed by atoms with Crippen molar-refractivity contribution in [1.29, 1.82) is 0 Å². The van der Waals surface area contributed by atoms with E-state index in [9.17, 15) is 26.7 Å². The first-order valence-corrected chi connectivity index (χ1v) is 6.16. The van der Waals surface area contributed by atoms with Gasteiger partial charge in [0, 0.05) is 11.1 Å². The van der Waals surface area contributed by atoms with Crippen molar-refractivity contribution in [3.63, 3.8) is 0 Å². The summed E-state index contributed by atoms with van der Waals surface area (Å²) >= 11 is 0. The topological polar surface area (TPSA) is 57.8 Å². The highest BCUT2D eigenvalue weighted by atomic mass is 19.2. The second kappa shape index (κ2) is 5.34. The van der Waals surface area contributed by atoms with Gasteiger partial charge in [0.2, 0.25) is 5.82 Å². The van der Waals surface area contributed by atoms with Crippen LogP contribution in [0, 0.1) is 29.1 Å². The van der Waals surface area contributed by atoms with Crippen LogP contribution in [-0.4, -0.2) is 16.1 Å². The summed E-state index contributed by atoms with van der Waals surface area (Å²) in [4.78, 5) is 11.9. The zero-order valence-corrected chi connectivity index (χ0v) is 11.1. The lowest BCUT2D eigenvalue weighted by molar-refractivity contribution is 0.101. The van der Waals surface area contributed by atoms with Crippen LogP contribution in [0.5, 0.6) is 0 Å². The zero-order valence-electron chi connectivity index (χ0n) is 11.1. The third-order valence-corrected chi connectivity index (χ3v) is 3.13. The predicted molar refractivity (Wildman–Crippen MR) is 70.3 cm³/mol. The van der Waals surface area contributed by atoms with Crippen LogP contribution in [0.1, 0.15) is 10.4 Å². The van der Waals surface area contributed by atoms with E-state index in [1.807, 2.05) is 0 Å². The summed E-state index contributed by atoms with van der Waals surface area (Å²) in [5.74, 6) is -12.5. The molecule has 0 spiro atoms. The SMILES string of the molecule is O=C(Nc1ccc2[nH]ncc2c1)c1c(F)c(F)c(F)c(F)c1F. The number of aromatic amines is 1. The summed E-state index contributed by atoms with van der Waals surface area (Å²) in [6.07, 6.45) is 1.43. The number of aromatic nitrogens is 2. The van der Waals surface area contributed by atoms with Gasteiger partial charge in [-0.05, 0) is 18.2 Å². The molecule has 0 aliphatic carbocycles. The van der Waals surface area contributed by atoms with E-state index in [1.54, 1.807) is 0 Å². The van der Waals surface area contributed by atoms with E-state index in [4.69, 9.17) is 0 Å². The first-order valence-electron chi connectivity index (χ1n) is 6.16. The number of hydrogen-bond donors (Lipinski definition) is 2. The maximum absolute atomic E-state index is 13.6. The fraction of sp³-hybridized carbons (Fsp3) is 0. The minimum absolute atomic E-state index is 0.104. The molecule has 0 aliphatic rings. The first kappa shape index (κ1) is 14.9. The van der Waals surface area contributed by atoms with Crippen molar-refractivity contribution in [3.8, 4) is 0 Å². The van der Waals surface area contributed by atoms with Crippen molar-refractivity contribution in [2.24, 2.45) is 0 Å². The van der Waals surface area contributed by atoms with Crippen molar-refractivity contribution >= 4 is 22.5 Å². The van der Waals surface area contributed by atoms with Crippen molar-refractivity contribution in [2.45, 2.75) is 0 Å². The molecule has 0 radical (unpaired) electrons. The van der Waals surface area contributed by atoms with Crippen LogP contribution in [0.4, 0.5) is 27.6 Å². The molecule has 1 aromatic heterocycles. The van der Waals surface area contributed by atoms with Crippen LogP contribution in [-0.2, 0) is 0 Å². The van der Waals surface area contributed by atoms with Gasteiger partial charge >= 0.3 is 0 Å². The summed E-state index contributed by atoms with van der Waals surface area (Å²) in [6, 6.07) is 4.32. The Kier molecular flexibility index (Phi) is 3.47. The van der Waals surface area contributed by atoms with E-state index in [1.165, 1.54) is 24.4 Å². The van der Waals surface area contributed by atoms with Gasteiger partial charge in [-0.15, -0.1) is 0 Å². The number of benzene rings is 2. The molecule has 9 heteroatoms. The molecule has 0 fully saturated rings. The highest BCUT2D eigenvalue weighted by molar-refractivity contribution is 6.05. The van der Waals surface area contributed by atoms with Crippen LogP contribution < -0.4 is 5.32 Å². The molecule has 3 rings (SSSR count). The molecule has 0 bridgehead atoms. The van der Waals surface area contributed by atoms with Gasteiger partial charge in [-0.1, -0.05) is 0 Å². The maximum atomic E-state index is 13.6. The van der Waals surface area contributed by atoms with Gasteiger partial charge in [0.25, 0.3) is 5.91 Å². The largest absolute Gasteiger partial charge is 0.322 e. The quantitative estimate of drug-likeness (QED) is 0.430. The minimum atomic E-state index is -2.32. The molecule has 3 aromatic rings. The van der Waals surface area contributed by atoms with E-state index < -0.39 is 40.6 Å². The Bertz CT molecular complexity index is 909. The summed E-state index contributed by atoms with van der Waals surface area (Å²) in [7, 11) is 0. The number of anilines is 1. The van der Waals surface area contributed by atoms with E-state index in [0.29, 0.717) is 10.9 Å². The molecular formula is C14H6F5N3O. The minimum Gasteiger partial charge on any atom is -0.322 e. The molecular weight excluding hydrogens is 321 g/mol. The average molecular weight is 327 g/mol. The molecule has 1 amide bonds. The number of hydrogen-bond acceptors (Lipinski definition) is 2. The summed E-state index contributed by atoms with van der Waals surface area (Å²) in [5, 5.41) is 9.05. The average Bonchev–Trinajstić information content (AvgIpc) is 2.99. The van der Waals surface area contributed by atoms with Crippen molar-refractivity contribution in [2.75, 3.05) is 5.32 Å². The highest BCUT2D eigenvalue weighted by Gasteiger charge is 2.29. The number of nitrogens with one attached hydrogen (secondary N) is 2. The molecule has 23 heavy (non-hydrogen) atoms. The lowest BCUT2D eigenvalue weighted by Crippen LogP contribution is -2.19. The molecule has 0 aliphatic heterocycles. The lowest BCUT2D eigenvalue weighted by atomic mass is 10.1. The molecule has 2 N–H and O–H groups in total. The molecule has 0 atom stereocenters. The number of fused-ring (bicyclic) bond motifs is 1. The summed E-state index contributed by atoms with van der Waals surface area (Å²) in [6.45, 7) is 0. The number of nitrogens with zero attached hydrogens (tertiary/aromatic N) is 1. The van der Waals surface area contributed by atoms with Gasteiger partial charge in [0.1, 0.15) is 5.56 Å². The Hall–Kier alpha value is -2.97. The standard InChI is InChI=1S/C14H6F5N3O/c15-9-8(10(16)12(18)13(19)11(9)17)14(23)21-6-1-2-7-5(3-6)4-20-22-7/h1-4H,(H,20,22)(H,21,23). The van der Waals surface area contributed by atoms with Gasteiger partial charge in [-0.2, -0.15) is 5.10 Å². The second-order valence-electron chi connectivity index (χ2n) is 4.57. The fourth-order valence-corrected chi connectivity index (χ4v) is 2.02. The zero-order chi connectivity index (χ0) is 16.7. The van der Waals surface area contributed by atoms with E-state index in [-0.39, 0.29) is 5.69 Å². The van der Waals surface area contributed by atoms with E-state index >= 15 is 0 Å². The molecule has 0 saturated carbocycles. The van der Waals surface area contributed by atoms with Gasteiger partial charge in [0.05, 0.1) is 11.7 Å². The van der Waals surface area contributed by atoms with Crippen LogP contribution in [0.15, 0.2) is 24.4 Å². The highest BCUT2D eigenvalue weighted by Crippen LogP contribution is 2.24. The number of halogens is 5. The number of carbonyl (C=O) groups is 1. The van der Waals surface area contributed by atoms with Gasteiger partial charge in [-0.25, -0.2) is 22.0 Å². The summed E-state index contributed by atoms with van der Waals surface area (Å²) in [5.41, 5.74) is -0.805.